The molecule has 34 heavy (non-hydrogen) atoms. The number of amides is 2. The molecule has 0 aliphatic heterocycles. The van der Waals surface area contributed by atoms with E-state index in [4.69, 9.17) is 0 Å². The van der Waals surface area contributed by atoms with Gasteiger partial charge in [-0.3, -0.25) is 9.59 Å². The Kier molecular flexibility index (Phi) is 14.7. The second-order valence-corrected chi connectivity index (χ2v) is 16.0. The van der Waals surface area contributed by atoms with Crippen molar-refractivity contribution >= 4 is 37.5 Å². The van der Waals surface area contributed by atoms with E-state index in [1.807, 2.05) is 0 Å². The maximum atomic E-state index is 13.4. The van der Waals surface area contributed by atoms with Gasteiger partial charge in [-0.05, 0) is 37.8 Å². The number of rotatable bonds is 18. The first-order chi connectivity index (χ1) is 16.2. The molecule has 0 radical (unpaired) electrons. The summed E-state index contributed by atoms with van der Waals surface area (Å²) in [5, 5.41) is 5.72. The van der Waals surface area contributed by atoms with Crippen molar-refractivity contribution < 1.29 is 18.7 Å². The predicted octanol–water partition coefficient (Wildman–Crippen LogP) is 7.49. The zero-order valence-corrected chi connectivity index (χ0v) is 23.5. The number of hydrogen-bond acceptors (Lipinski definition) is 4. The first kappa shape index (κ1) is 30.7. The van der Waals surface area contributed by atoms with E-state index in [2.05, 4.69) is 38.3 Å². The van der Waals surface area contributed by atoms with E-state index in [9.17, 15) is 18.7 Å². The van der Waals surface area contributed by atoms with Gasteiger partial charge in [0, 0.05) is 24.6 Å². The van der Waals surface area contributed by atoms with Gasteiger partial charge >= 0.3 is 0 Å². The van der Waals surface area contributed by atoms with Gasteiger partial charge in [0.15, 0.2) is 0 Å². The fourth-order valence-electron chi connectivity index (χ4n) is 3.93. The molecular weight excluding hydrogens is 466 g/mol. The third-order valence-corrected chi connectivity index (χ3v) is 12.3. The van der Waals surface area contributed by atoms with Crippen LogP contribution in [0.15, 0.2) is 24.3 Å². The van der Waals surface area contributed by atoms with Crippen LogP contribution in [0, 0.1) is 0 Å². The van der Waals surface area contributed by atoms with Crippen molar-refractivity contribution in [2.75, 3.05) is 47.6 Å². The number of para-hydroxylation sites is 2. The summed E-state index contributed by atoms with van der Waals surface area (Å²) in [7, 11) is -5.15. The van der Waals surface area contributed by atoms with E-state index < -0.39 is 14.3 Å². The number of carbonyl (C=O) groups excluding carboxylic acids is 2. The van der Waals surface area contributed by atoms with Crippen LogP contribution >= 0.6 is 14.3 Å². The van der Waals surface area contributed by atoms with Gasteiger partial charge in [-0.25, -0.2) is 0 Å². The number of nitrogens with one attached hydrogen (secondary N) is 2. The van der Waals surface area contributed by atoms with Gasteiger partial charge < -0.3 is 19.8 Å². The Morgan fingerprint density at radius 2 is 0.912 bits per heavy atom. The summed E-state index contributed by atoms with van der Waals surface area (Å²) >= 11 is 0. The largest absolute Gasteiger partial charge is 0.324 e. The summed E-state index contributed by atoms with van der Waals surface area (Å²) in [6.07, 6.45) is 9.68. The Morgan fingerprint density at radius 3 is 1.18 bits per heavy atom. The number of unbranched alkanes of at least 4 members (excludes halogenated alkanes) is 4. The number of carbonyl (C=O) groups is 2. The lowest BCUT2D eigenvalue weighted by atomic mass is 10.2. The molecule has 0 bridgehead atoms. The monoisotopic (exact) mass is 512 g/mol. The minimum absolute atomic E-state index is 0.0263. The SMILES string of the molecule is CCCCP(=O)(CCCC)CC(=O)Nc1ccccc1NC(=O)CP(=O)(CCCC)CCCC. The Labute approximate surface area is 207 Å². The topological polar surface area (TPSA) is 92.3 Å². The van der Waals surface area contributed by atoms with E-state index in [0.717, 1.165) is 51.4 Å². The Balaban J connectivity index is 2.88. The van der Waals surface area contributed by atoms with Crippen LogP contribution in [-0.4, -0.2) is 48.8 Å². The van der Waals surface area contributed by atoms with E-state index in [1.54, 1.807) is 24.3 Å². The molecule has 0 saturated heterocycles. The lowest BCUT2D eigenvalue weighted by molar-refractivity contribution is -0.115. The second-order valence-electron chi connectivity index (χ2n) is 9.38. The molecule has 194 valence electrons. The number of hydrogen-bond donors (Lipinski definition) is 2. The molecule has 0 heterocycles. The fraction of sp³-hybridized carbons (Fsp3) is 0.692. The molecule has 1 aromatic carbocycles. The van der Waals surface area contributed by atoms with Crippen LogP contribution in [0.4, 0.5) is 11.4 Å². The molecule has 6 nitrogen and oxygen atoms in total. The first-order valence-corrected chi connectivity index (χ1v) is 17.6. The molecule has 0 atom stereocenters. The molecule has 0 spiro atoms. The van der Waals surface area contributed by atoms with Crippen molar-refractivity contribution in [1.29, 1.82) is 0 Å². The van der Waals surface area contributed by atoms with Gasteiger partial charge in [-0.15, -0.1) is 0 Å². The fourth-order valence-corrected chi connectivity index (χ4v) is 9.78. The lowest BCUT2D eigenvalue weighted by Gasteiger charge is -2.20. The molecule has 1 rings (SSSR count). The smallest absolute Gasteiger partial charge is 0.231 e. The van der Waals surface area contributed by atoms with Crippen molar-refractivity contribution in [2.45, 2.75) is 79.1 Å². The molecular formula is C26H46N2O4P2. The van der Waals surface area contributed by atoms with E-state index in [0.29, 0.717) is 36.0 Å². The average Bonchev–Trinajstić information content (AvgIpc) is 2.80. The highest BCUT2D eigenvalue weighted by Crippen LogP contribution is 2.48. The van der Waals surface area contributed by atoms with Crippen LogP contribution in [0.2, 0.25) is 0 Å². The van der Waals surface area contributed by atoms with Crippen LogP contribution in [-0.2, 0) is 18.7 Å². The van der Waals surface area contributed by atoms with Gasteiger partial charge in [0.2, 0.25) is 11.8 Å². The van der Waals surface area contributed by atoms with Crippen LogP contribution in [0.3, 0.4) is 0 Å². The maximum absolute atomic E-state index is 13.4. The van der Waals surface area contributed by atoms with E-state index in [1.165, 1.54) is 0 Å². The molecule has 0 aromatic heterocycles. The average molecular weight is 513 g/mol. The standard InChI is InChI=1S/C26H46N2O4P2/c1-5-9-17-33(31,18-10-6-2)21-25(29)27-23-15-13-14-16-24(23)28-26(30)22-34(32,19-11-7-3)20-12-8-4/h13-16H,5-12,17-22H2,1-4H3,(H,27,29)(H,28,30). The molecule has 0 aliphatic carbocycles. The second kappa shape index (κ2) is 16.3. The quantitative estimate of drug-likeness (QED) is 0.199. The van der Waals surface area contributed by atoms with E-state index >= 15 is 0 Å². The molecule has 0 saturated carbocycles. The Morgan fingerprint density at radius 1 is 0.618 bits per heavy atom. The van der Waals surface area contributed by atoms with Crippen molar-refractivity contribution in [2.24, 2.45) is 0 Å². The summed E-state index contributed by atoms with van der Waals surface area (Å²) < 4.78 is 26.7. The molecule has 2 amide bonds. The molecule has 0 aliphatic rings. The normalized spacial score (nSPS) is 11.9. The van der Waals surface area contributed by atoms with Gasteiger partial charge in [0.25, 0.3) is 0 Å². The first-order valence-electron chi connectivity index (χ1n) is 13.0. The van der Waals surface area contributed by atoms with Crippen molar-refractivity contribution in [3.8, 4) is 0 Å². The lowest BCUT2D eigenvalue weighted by Crippen LogP contribution is -2.22. The molecule has 0 unspecified atom stereocenters. The summed E-state index contributed by atoms with van der Waals surface area (Å²) in [5.41, 5.74) is 0.964. The summed E-state index contributed by atoms with van der Waals surface area (Å²) in [6, 6.07) is 7.02. The van der Waals surface area contributed by atoms with Gasteiger partial charge in [0.05, 0.1) is 38.0 Å². The predicted molar refractivity (Wildman–Crippen MR) is 148 cm³/mol. The number of anilines is 2. The van der Waals surface area contributed by atoms with Crippen LogP contribution in [0.25, 0.3) is 0 Å². The Bertz CT molecular complexity index is 764. The highest BCUT2D eigenvalue weighted by Gasteiger charge is 2.27. The molecule has 1 aromatic rings. The third kappa shape index (κ3) is 11.8. The van der Waals surface area contributed by atoms with E-state index in [-0.39, 0.29) is 24.1 Å². The minimum atomic E-state index is -2.57. The van der Waals surface area contributed by atoms with Gasteiger partial charge in [0.1, 0.15) is 0 Å². The summed E-state index contributed by atoms with van der Waals surface area (Å²) in [5.74, 6) is -0.567. The third-order valence-electron chi connectivity index (χ3n) is 6.02. The molecule has 0 fully saturated rings. The minimum Gasteiger partial charge on any atom is -0.324 e. The number of benzene rings is 1. The molecule has 8 heteroatoms. The summed E-state index contributed by atoms with van der Waals surface area (Å²) in [4.78, 5) is 25.6. The zero-order chi connectivity index (χ0) is 25.5. The van der Waals surface area contributed by atoms with Crippen LogP contribution in [0.5, 0.6) is 0 Å². The molecule has 2 N–H and O–H groups in total. The maximum Gasteiger partial charge on any atom is 0.231 e. The van der Waals surface area contributed by atoms with Crippen molar-refractivity contribution in [3.05, 3.63) is 24.3 Å². The van der Waals surface area contributed by atoms with Crippen molar-refractivity contribution in [3.63, 3.8) is 0 Å². The van der Waals surface area contributed by atoms with Crippen LogP contribution < -0.4 is 10.6 Å². The highest BCUT2D eigenvalue weighted by atomic mass is 31.2. The van der Waals surface area contributed by atoms with Gasteiger partial charge in [-0.1, -0.05) is 65.5 Å². The summed E-state index contributed by atoms with van der Waals surface area (Å²) in [6.45, 7) is 8.25. The highest BCUT2D eigenvalue weighted by molar-refractivity contribution is 7.65. The van der Waals surface area contributed by atoms with Crippen molar-refractivity contribution in [1.82, 2.24) is 0 Å². The zero-order valence-electron chi connectivity index (χ0n) is 21.7. The van der Waals surface area contributed by atoms with Gasteiger partial charge in [-0.2, -0.15) is 0 Å². The Hall–Kier alpha value is -1.38. The van der Waals surface area contributed by atoms with Crippen LogP contribution in [0.1, 0.15) is 79.1 Å².